The fraction of sp³-hybridized carbons (Fsp3) is 0. The Morgan fingerprint density at radius 2 is 2.17 bits per heavy atom. The number of amides is 1. The molecule has 3 N–H and O–H groups in total. The van der Waals surface area contributed by atoms with Gasteiger partial charge in [0.25, 0.3) is 11.5 Å². The zero-order chi connectivity index (χ0) is 13.1. The Morgan fingerprint density at radius 1 is 1.39 bits per heavy atom. The third-order valence-electron chi connectivity index (χ3n) is 2.03. The molecule has 0 radical (unpaired) electrons. The van der Waals surface area contributed by atoms with Crippen LogP contribution in [0.2, 0.25) is 5.02 Å². The number of hydrogen-bond donors (Lipinski definition) is 3. The van der Waals surface area contributed by atoms with E-state index < -0.39 is 17.2 Å². The molecule has 0 atom stereocenters. The Bertz CT molecular complexity index is 707. The molecule has 0 saturated heterocycles. The lowest BCUT2D eigenvalue weighted by Gasteiger charge is -2.03. The lowest BCUT2D eigenvalue weighted by atomic mass is 10.3. The first-order valence-electron chi connectivity index (χ1n) is 4.81. The van der Waals surface area contributed by atoms with Gasteiger partial charge in [-0.05, 0) is 12.1 Å². The molecule has 0 aromatic carbocycles. The summed E-state index contributed by atoms with van der Waals surface area (Å²) in [4.78, 5) is 41.9. The van der Waals surface area contributed by atoms with Crippen LogP contribution in [0, 0.1) is 0 Å². The van der Waals surface area contributed by atoms with Gasteiger partial charge >= 0.3 is 5.69 Å². The second-order valence-electron chi connectivity index (χ2n) is 3.30. The summed E-state index contributed by atoms with van der Waals surface area (Å²) >= 11 is 5.72. The van der Waals surface area contributed by atoms with Crippen molar-refractivity contribution < 1.29 is 4.79 Å². The molecule has 2 rings (SSSR count). The molecule has 2 aromatic rings. The number of pyridine rings is 1. The maximum Gasteiger partial charge on any atom is 0.325 e. The Hall–Kier alpha value is -2.41. The number of nitrogens with zero attached hydrogens (tertiary/aromatic N) is 1. The highest BCUT2D eigenvalue weighted by molar-refractivity contribution is 6.30. The average molecular weight is 267 g/mol. The third kappa shape index (κ3) is 2.64. The van der Waals surface area contributed by atoms with Crippen LogP contribution in [0.5, 0.6) is 0 Å². The van der Waals surface area contributed by atoms with E-state index in [1.165, 1.54) is 12.3 Å². The maximum absolute atomic E-state index is 11.7. The summed E-state index contributed by atoms with van der Waals surface area (Å²) in [5.74, 6) is -0.486. The van der Waals surface area contributed by atoms with Crippen molar-refractivity contribution in [3.63, 3.8) is 0 Å². The van der Waals surface area contributed by atoms with E-state index in [-0.39, 0.29) is 11.4 Å². The first kappa shape index (κ1) is 12.1. The van der Waals surface area contributed by atoms with E-state index in [0.29, 0.717) is 5.02 Å². The second-order valence-corrected chi connectivity index (χ2v) is 3.74. The van der Waals surface area contributed by atoms with Crippen LogP contribution in [0.4, 0.5) is 5.82 Å². The van der Waals surface area contributed by atoms with Crippen LogP contribution in [-0.2, 0) is 0 Å². The summed E-state index contributed by atoms with van der Waals surface area (Å²) < 4.78 is 0. The van der Waals surface area contributed by atoms with Crippen LogP contribution in [-0.4, -0.2) is 20.9 Å². The first-order valence-corrected chi connectivity index (χ1v) is 5.19. The molecule has 0 fully saturated rings. The molecule has 0 spiro atoms. The predicted molar refractivity (Wildman–Crippen MR) is 64.9 cm³/mol. The number of hydrogen-bond acceptors (Lipinski definition) is 4. The van der Waals surface area contributed by atoms with E-state index in [1.54, 1.807) is 6.07 Å². The molecule has 0 aliphatic carbocycles. The number of aromatic nitrogens is 3. The highest BCUT2D eigenvalue weighted by Gasteiger charge is 2.11. The summed E-state index contributed by atoms with van der Waals surface area (Å²) in [6.45, 7) is 0. The molecule has 0 aliphatic rings. The second kappa shape index (κ2) is 4.84. The minimum Gasteiger partial charge on any atom is -0.313 e. The molecule has 7 nitrogen and oxygen atoms in total. The van der Waals surface area contributed by atoms with Gasteiger partial charge in [-0.2, -0.15) is 0 Å². The number of carbonyl (C=O) groups is 1. The lowest BCUT2D eigenvalue weighted by Crippen LogP contribution is -2.29. The minimum atomic E-state index is -0.779. The van der Waals surface area contributed by atoms with Crippen LogP contribution in [0.1, 0.15) is 10.4 Å². The van der Waals surface area contributed by atoms with Crippen molar-refractivity contribution in [2.24, 2.45) is 0 Å². The molecule has 92 valence electrons. The number of nitrogens with one attached hydrogen (secondary N) is 3. The molecule has 18 heavy (non-hydrogen) atoms. The smallest absolute Gasteiger partial charge is 0.313 e. The summed E-state index contributed by atoms with van der Waals surface area (Å²) in [6, 6.07) is 2.98. The molecule has 2 heterocycles. The van der Waals surface area contributed by atoms with Crippen molar-refractivity contribution in [1.29, 1.82) is 0 Å². The summed E-state index contributed by atoms with van der Waals surface area (Å²) in [7, 11) is 0. The van der Waals surface area contributed by atoms with Crippen LogP contribution in [0.3, 0.4) is 0 Å². The van der Waals surface area contributed by atoms with E-state index in [4.69, 9.17) is 11.6 Å². The summed E-state index contributed by atoms with van der Waals surface area (Å²) in [5.41, 5.74) is -1.69. The monoisotopic (exact) mass is 266 g/mol. The van der Waals surface area contributed by atoms with Gasteiger partial charge in [0.15, 0.2) is 0 Å². The first-order chi connectivity index (χ1) is 8.56. The third-order valence-corrected chi connectivity index (χ3v) is 2.26. The Morgan fingerprint density at radius 3 is 2.83 bits per heavy atom. The minimum absolute atomic E-state index is 0.207. The molecule has 0 saturated carbocycles. The molecule has 2 aromatic heterocycles. The summed E-state index contributed by atoms with van der Waals surface area (Å²) in [5, 5.41) is 2.78. The van der Waals surface area contributed by atoms with Gasteiger partial charge in [0, 0.05) is 17.4 Å². The number of rotatable bonds is 2. The Balaban J connectivity index is 2.27. The maximum atomic E-state index is 11.7. The Kier molecular flexibility index (Phi) is 3.24. The Labute approximate surface area is 105 Å². The van der Waals surface area contributed by atoms with Gasteiger partial charge in [0.2, 0.25) is 0 Å². The van der Waals surface area contributed by atoms with Crippen molar-refractivity contribution in [1.82, 2.24) is 15.0 Å². The van der Waals surface area contributed by atoms with E-state index in [2.05, 4.69) is 15.3 Å². The zero-order valence-electron chi connectivity index (χ0n) is 8.86. The molecule has 8 heteroatoms. The standard InChI is InChI=1S/C10H7ClN4O3/c11-5-1-2-12-7(3-5)14-8(16)6-4-13-10(18)15-9(6)17/h1-4H,(H,12,14,16)(H2,13,15,17,18). The van der Waals surface area contributed by atoms with E-state index >= 15 is 0 Å². The van der Waals surface area contributed by atoms with E-state index in [9.17, 15) is 14.4 Å². The highest BCUT2D eigenvalue weighted by atomic mass is 35.5. The molecule has 0 bridgehead atoms. The zero-order valence-corrected chi connectivity index (χ0v) is 9.62. The van der Waals surface area contributed by atoms with Crippen LogP contribution in [0.25, 0.3) is 0 Å². The van der Waals surface area contributed by atoms with Crippen molar-refractivity contribution in [3.05, 3.63) is 56.0 Å². The van der Waals surface area contributed by atoms with E-state index in [1.807, 2.05) is 4.98 Å². The van der Waals surface area contributed by atoms with Crippen molar-refractivity contribution in [3.8, 4) is 0 Å². The number of anilines is 1. The van der Waals surface area contributed by atoms with Crippen LogP contribution >= 0.6 is 11.6 Å². The average Bonchev–Trinajstić information content (AvgIpc) is 2.28. The highest BCUT2D eigenvalue weighted by Crippen LogP contribution is 2.11. The molecule has 0 aliphatic heterocycles. The molecule has 0 unspecified atom stereocenters. The van der Waals surface area contributed by atoms with Gasteiger partial charge in [-0.15, -0.1) is 0 Å². The topological polar surface area (TPSA) is 108 Å². The summed E-state index contributed by atoms with van der Waals surface area (Å²) in [6.07, 6.45) is 2.44. The van der Waals surface area contributed by atoms with Crippen molar-refractivity contribution in [2.75, 3.05) is 5.32 Å². The van der Waals surface area contributed by atoms with Crippen LogP contribution in [0.15, 0.2) is 34.1 Å². The van der Waals surface area contributed by atoms with Gasteiger partial charge in [-0.25, -0.2) is 9.78 Å². The molecular weight excluding hydrogens is 260 g/mol. The quantitative estimate of drug-likeness (QED) is 0.729. The van der Waals surface area contributed by atoms with Gasteiger partial charge in [0.05, 0.1) is 0 Å². The fourth-order valence-corrected chi connectivity index (χ4v) is 1.39. The van der Waals surface area contributed by atoms with Crippen molar-refractivity contribution in [2.45, 2.75) is 0 Å². The number of carbonyl (C=O) groups excluding carboxylic acids is 1. The van der Waals surface area contributed by atoms with Gasteiger partial charge in [-0.1, -0.05) is 11.6 Å². The number of halogens is 1. The fourth-order valence-electron chi connectivity index (χ4n) is 1.24. The van der Waals surface area contributed by atoms with Crippen molar-refractivity contribution >= 4 is 23.3 Å². The number of aromatic amines is 2. The van der Waals surface area contributed by atoms with E-state index in [0.717, 1.165) is 6.20 Å². The van der Waals surface area contributed by atoms with Gasteiger partial charge < -0.3 is 10.3 Å². The largest absolute Gasteiger partial charge is 0.325 e. The van der Waals surface area contributed by atoms with Gasteiger partial charge in [-0.3, -0.25) is 14.6 Å². The lowest BCUT2D eigenvalue weighted by molar-refractivity contribution is 0.102. The molecule has 1 amide bonds. The SMILES string of the molecule is O=C(Nc1cc(Cl)ccn1)c1c[nH]c(=O)[nH]c1=O. The predicted octanol–water partition coefficient (Wildman–Crippen LogP) is 0.364. The van der Waals surface area contributed by atoms with Gasteiger partial charge in [0.1, 0.15) is 11.4 Å². The number of H-pyrrole nitrogens is 2. The normalized spacial score (nSPS) is 10.1. The van der Waals surface area contributed by atoms with Crippen LogP contribution < -0.4 is 16.6 Å². The molecular formula is C10H7ClN4O3.